The highest BCUT2D eigenvalue weighted by Crippen LogP contribution is 2.34. The quantitative estimate of drug-likeness (QED) is 0.843. The van der Waals surface area contributed by atoms with Crippen LogP contribution >= 0.6 is 0 Å². The normalized spacial score (nSPS) is 20.6. The maximum Gasteiger partial charge on any atom is 0.437 e. The van der Waals surface area contributed by atoms with E-state index in [1.165, 1.54) is 4.90 Å². The van der Waals surface area contributed by atoms with Gasteiger partial charge in [0.05, 0.1) is 6.54 Å². The minimum absolute atomic E-state index is 0.156. The van der Waals surface area contributed by atoms with E-state index in [1.54, 1.807) is 0 Å². The number of halogens is 4. The summed E-state index contributed by atoms with van der Waals surface area (Å²) in [7, 11) is 0. The zero-order valence-electron chi connectivity index (χ0n) is 9.58. The average molecular weight is 282 g/mol. The molecule has 0 amide bonds. The predicted molar refractivity (Wildman–Crippen MR) is 54.8 cm³/mol. The number of rotatable bonds is 2. The molecule has 106 valence electrons. The standard InChI is InChI=1S/C10H10F4N2O3/c11-5-2-1-3-16(4-5)9-15-7(10(12,13)14)6(19-9)8(17)18/h5H,1-4H2,(H,17,18). The van der Waals surface area contributed by atoms with Crippen molar-refractivity contribution in [1.82, 2.24) is 4.98 Å². The van der Waals surface area contributed by atoms with Crippen LogP contribution in [-0.2, 0) is 6.18 Å². The third-order valence-corrected chi connectivity index (χ3v) is 2.71. The van der Waals surface area contributed by atoms with Crippen molar-refractivity contribution in [3.8, 4) is 0 Å². The number of oxazole rings is 1. The van der Waals surface area contributed by atoms with E-state index in [-0.39, 0.29) is 13.1 Å². The average Bonchev–Trinajstić information content (AvgIpc) is 2.73. The smallest absolute Gasteiger partial charge is 0.437 e. The van der Waals surface area contributed by atoms with Gasteiger partial charge in [0, 0.05) is 6.54 Å². The molecular formula is C10H10F4N2O3. The molecule has 0 saturated carbocycles. The Kier molecular flexibility index (Phi) is 3.38. The Labute approximate surface area is 104 Å². The summed E-state index contributed by atoms with van der Waals surface area (Å²) in [6, 6.07) is -0.507. The van der Waals surface area contributed by atoms with Gasteiger partial charge in [-0.05, 0) is 12.8 Å². The molecule has 0 spiro atoms. The number of aromatic carboxylic acids is 1. The van der Waals surface area contributed by atoms with Crippen LogP contribution in [-0.4, -0.2) is 35.3 Å². The molecule has 9 heteroatoms. The fourth-order valence-electron chi connectivity index (χ4n) is 1.88. The first-order valence-electron chi connectivity index (χ1n) is 5.49. The van der Waals surface area contributed by atoms with E-state index in [4.69, 9.17) is 5.11 Å². The van der Waals surface area contributed by atoms with Crippen LogP contribution < -0.4 is 4.90 Å². The summed E-state index contributed by atoms with van der Waals surface area (Å²) in [4.78, 5) is 15.0. The molecule has 1 aromatic heterocycles. The number of aromatic nitrogens is 1. The SMILES string of the molecule is O=C(O)c1oc(N2CCCC(F)C2)nc1C(F)(F)F. The molecule has 0 bridgehead atoms. The molecular weight excluding hydrogens is 272 g/mol. The number of hydrogen-bond donors (Lipinski definition) is 1. The van der Waals surface area contributed by atoms with Crippen molar-refractivity contribution >= 4 is 12.0 Å². The Bertz CT molecular complexity index is 486. The van der Waals surface area contributed by atoms with Crippen LogP contribution in [0.1, 0.15) is 29.1 Å². The highest BCUT2D eigenvalue weighted by Gasteiger charge is 2.42. The molecule has 19 heavy (non-hydrogen) atoms. The third-order valence-electron chi connectivity index (χ3n) is 2.71. The van der Waals surface area contributed by atoms with Crippen molar-refractivity contribution in [2.45, 2.75) is 25.2 Å². The van der Waals surface area contributed by atoms with Crippen LogP contribution in [0.4, 0.5) is 23.6 Å². The lowest BCUT2D eigenvalue weighted by atomic mass is 10.1. The molecule has 1 atom stereocenters. The summed E-state index contributed by atoms with van der Waals surface area (Å²) >= 11 is 0. The lowest BCUT2D eigenvalue weighted by Gasteiger charge is -2.27. The van der Waals surface area contributed by atoms with Crippen LogP contribution in [0, 0.1) is 0 Å². The van der Waals surface area contributed by atoms with E-state index >= 15 is 0 Å². The van der Waals surface area contributed by atoms with Crippen molar-refractivity contribution < 1.29 is 31.9 Å². The Hall–Kier alpha value is -1.80. The van der Waals surface area contributed by atoms with Crippen LogP contribution in [0.2, 0.25) is 0 Å². The van der Waals surface area contributed by atoms with Crippen LogP contribution in [0.25, 0.3) is 0 Å². The van der Waals surface area contributed by atoms with Gasteiger partial charge in [-0.15, -0.1) is 0 Å². The predicted octanol–water partition coefficient (Wildman–Crippen LogP) is 2.33. The summed E-state index contributed by atoms with van der Waals surface area (Å²) < 4.78 is 55.6. The number of carbonyl (C=O) groups is 1. The molecule has 1 fully saturated rings. The van der Waals surface area contributed by atoms with Gasteiger partial charge in [0.25, 0.3) is 6.01 Å². The van der Waals surface area contributed by atoms with Crippen molar-refractivity contribution in [3.05, 3.63) is 11.5 Å². The summed E-state index contributed by atoms with van der Waals surface area (Å²) in [5.41, 5.74) is -1.60. The highest BCUT2D eigenvalue weighted by atomic mass is 19.4. The summed E-state index contributed by atoms with van der Waals surface area (Å²) in [6.45, 7) is 0.119. The van der Waals surface area contributed by atoms with Gasteiger partial charge in [0.1, 0.15) is 6.17 Å². The van der Waals surface area contributed by atoms with E-state index in [2.05, 4.69) is 9.40 Å². The zero-order chi connectivity index (χ0) is 14.2. The molecule has 0 aromatic carbocycles. The summed E-state index contributed by atoms with van der Waals surface area (Å²) in [5.74, 6) is -3.14. The molecule has 1 aliphatic heterocycles. The number of carboxylic acids is 1. The minimum Gasteiger partial charge on any atom is -0.475 e. The lowest BCUT2D eigenvalue weighted by Crippen LogP contribution is -2.36. The molecule has 0 aliphatic carbocycles. The van der Waals surface area contributed by atoms with Crippen LogP contribution in [0.3, 0.4) is 0 Å². The van der Waals surface area contributed by atoms with Gasteiger partial charge in [-0.1, -0.05) is 0 Å². The maximum atomic E-state index is 13.2. The van der Waals surface area contributed by atoms with Gasteiger partial charge in [-0.2, -0.15) is 18.2 Å². The van der Waals surface area contributed by atoms with E-state index in [1.807, 2.05) is 0 Å². The van der Waals surface area contributed by atoms with Crippen LogP contribution in [0.5, 0.6) is 0 Å². The molecule has 1 aromatic rings. The fraction of sp³-hybridized carbons (Fsp3) is 0.600. The summed E-state index contributed by atoms with van der Waals surface area (Å²) in [6.07, 6.45) is -5.37. The molecule has 5 nitrogen and oxygen atoms in total. The van der Waals surface area contributed by atoms with Gasteiger partial charge >= 0.3 is 12.1 Å². The monoisotopic (exact) mass is 282 g/mol. The van der Waals surface area contributed by atoms with Crippen molar-refractivity contribution in [2.75, 3.05) is 18.0 Å². The first-order chi connectivity index (χ1) is 8.79. The topological polar surface area (TPSA) is 66.6 Å². The van der Waals surface area contributed by atoms with E-state index in [0.29, 0.717) is 12.8 Å². The van der Waals surface area contributed by atoms with Crippen molar-refractivity contribution in [3.63, 3.8) is 0 Å². The molecule has 2 heterocycles. The molecule has 1 N–H and O–H groups in total. The second kappa shape index (κ2) is 4.71. The Morgan fingerprint density at radius 2 is 2.16 bits per heavy atom. The van der Waals surface area contributed by atoms with E-state index in [9.17, 15) is 22.4 Å². The van der Waals surface area contributed by atoms with Crippen LogP contribution in [0.15, 0.2) is 4.42 Å². The summed E-state index contributed by atoms with van der Waals surface area (Å²) in [5, 5.41) is 8.67. The highest BCUT2D eigenvalue weighted by molar-refractivity contribution is 5.86. The first kappa shape index (κ1) is 13.6. The number of carboxylic acid groups (broad SMARTS) is 1. The Morgan fingerprint density at radius 1 is 1.47 bits per heavy atom. The van der Waals surface area contributed by atoms with Gasteiger partial charge in [-0.3, -0.25) is 0 Å². The Balaban J connectivity index is 2.35. The van der Waals surface area contributed by atoms with E-state index < -0.39 is 35.8 Å². The second-order valence-corrected chi connectivity index (χ2v) is 4.16. The second-order valence-electron chi connectivity index (χ2n) is 4.16. The largest absolute Gasteiger partial charge is 0.475 e. The molecule has 1 aliphatic rings. The maximum absolute atomic E-state index is 13.2. The minimum atomic E-state index is -4.93. The molecule has 2 rings (SSSR count). The van der Waals surface area contributed by atoms with Gasteiger partial charge in [0.2, 0.25) is 5.76 Å². The fourth-order valence-corrected chi connectivity index (χ4v) is 1.88. The van der Waals surface area contributed by atoms with E-state index in [0.717, 1.165) is 0 Å². The van der Waals surface area contributed by atoms with Crippen molar-refractivity contribution in [2.24, 2.45) is 0 Å². The molecule has 0 radical (unpaired) electrons. The van der Waals surface area contributed by atoms with Crippen molar-refractivity contribution in [1.29, 1.82) is 0 Å². The van der Waals surface area contributed by atoms with Gasteiger partial charge in [-0.25, -0.2) is 9.18 Å². The number of piperidine rings is 1. The molecule has 1 unspecified atom stereocenters. The zero-order valence-corrected chi connectivity index (χ0v) is 9.58. The number of nitrogens with zero attached hydrogens (tertiary/aromatic N) is 2. The number of hydrogen-bond acceptors (Lipinski definition) is 4. The third kappa shape index (κ3) is 2.79. The number of alkyl halides is 4. The molecule has 1 saturated heterocycles. The lowest BCUT2D eigenvalue weighted by molar-refractivity contribution is -0.141. The van der Waals surface area contributed by atoms with Gasteiger partial charge < -0.3 is 14.4 Å². The Morgan fingerprint density at radius 3 is 2.63 bits per heavy atom. The first-order valence-corrected chi connectivity index (χ1v) is 5.49. The van der Waals surface area contributed by atoms with Gasteiger partial charge in [0.15, 0.2) is 5.69 Å². The number of anilines is 1.